The van der Waals surface area contributed by atoms with Gasteiger partial charge in [0.25, 0.3) is 0 Å². The molecule has 1 aliphatic heterocycles. The van der Waals surface area contributed by atoms with Crippen molar-refractivity contribution in [2.45, 2.75) is 19.4 Å². The molecule has 0 bridgehead atoms. The van der Waals surface area contributed by atoms with Crippen LogP contribution in [0.25, 0.3) is 0 Å². The van der Waals surface area contributed by atoms with Gasteiger partial charge in [0.05, 0.1) is 12.8 Å². The average Bonchev–Trinajstić information content (AvgIpc) is 2.53. The molecule has 20 heavy (non-hydrogen) atoms. The Balaban J connectivity index is 1.79. The molecule has 0 fully saturated rings. The van der Waals surface area contributed by atoms with E-state index in [1.54, 1.807) is 7.11 Å². The van der Waals surface area contributed by atoms with Crippen LogP contribution in [0.3, 0.4) is 0 Å². The first kappa shape index (κ1) is 12.9. The minimum Gasteiger partial charge on any atom is -0.496 e. The molecule has 0 saturated carbocycles. The molecule has 0 unspecified atom stereocenters. The van der Waals surface area contributed by atoms with Crippen LogP contribution in [-0.4, -0.2) is 13.7 Å². The van der Waals surface area contributed by atoms with E-state index in [4.69, 9.17) is 9.47 Å². The SMILES string of the molecule is COc1ccccc1COc1cccc2c1NCCC2. The number of benzene rings is 2. The minimum absolute atomic E-state index is 0.516. The van der Waals surface area contributed by atoms with Crippen LogP contribution in [0, 0.1) is 0 Å². The van der Waals surface area contributed by atoms with E-state index >= 15 is 0 Å². The van der Waals surface area contributed by atoms with Gasteiger partial charge < -0.3 is 14.8 Å². The second kappa shape index (κ2) is 5.87. The fourth-order valence-electron chi connectivity index (χ4n) is 2.58. The summed E-state index contributed by atoms with van der Waals surface area (Å²) in [4.78, 5) is 0. The Labute approximate surface area is 119 Å². The number of para-hydroxylation sites is 2. The van der Waals surface area contributed by atoms with Crippen LogP contribution in [0.15, 0.2) is 42.5 Å². The number of hydrogen-bond acceptors (Lipinski definition) is 3. The van der Waals surface area contributed by atoms with E-state index in [0.717, 1.165) is 35.7 Å². The number of ether oxygens (including phenoxy) is 2. The van der Waals surface area contributed by atoms with Crippen LogP contribution in [-0.2, 0) is 13.0 Å². The molecule has 0 radical (unpaired) electrons. The smallest absolute Gasteiger partial charge is 0.143 e. The van der Waals surface area contributed by atoms with Gasteiger partial charge in [-0.15, -0.1) is 0 Å². The van der Waals surface area contributed by atoms with Crippen LogP contribution in [0.2, 0.25) is 0 Å². The highest BCUT2D eigenvalue weighted by Crippen LogP contribution is 2.33. The Morgan fingerprint density at radius 3 is 2.80 bits per heavy atom. The lowest BCUT2D eigenvalue weighted by Crippen LogP contribution is -2.13. The van der Waals surface area contributed by atoms with E-state index < -0.39 is 0 Å². The lowest BCUT2D eigenvalue weighted by molar-refractivity contribution is 0.297. The maximum absolute atomic E-state index is 5.99. The fraction of sp³-hybridized carbons (Fsp3) is 0.294. The molecule has 0 atom stereocenters. The molecule has 2 aromatic carbocycles. The number of methoxy groups -OCH3 is 1. The van der Waals surface area contributed by atoms with Crippen molar-refractivity contribution in [1.82, 2.24) is 0 Å². The summed E-state index contributed by atoms with van der Waals surface area (Å²) >= 11 is 0. The molecule has 1 aliphatic rings. The Morgan fingerprint density at radius 2 is 1.90 bits per heavy atom. The van der Waals surface area contributed by atoms with Gasteiger partial charge in [0.15, 0.2) is 0 Å². The van der Waals surface area contributed by atoms with Crippen LogP contribution in [0.4, 0.5) is 5.69 Å². The van der Waals surface area contributed by atoms with Gasteiger partial charge in [-0.1, -0.05) is 30.3 Å². The second-order valence-electron chi connectivity index (χ2n) is 4.92. The van der Waals surface area contributed by atoms with Gasteiger partial charge in [0.1, 0.15) is 18.1 Å². The number of hydrogen-bond donors (Lipinski definition) is 1. The first-order chi connectivity index (χ1) is 9.88. The largest absolute Gasteiger partial charge is 0.496 e. The van der Waals surface area contributed by atoms with E-state index in [2.05, 4.69) is 17.4 Å². The van der Waals surface area contributed by atoms with Crippen molar-refractivity contribution in [2.24, 2.45) is 0 Å². The molecule has 0 spiro atoms. The van der Waals surface area contributed by atoms with Crippen molar-refractivity contribution in [1.29, 1.82) is 0 Å². The predicted octanol–water partition coefficient (Wildman–Crippen LogP) is 3.63. The van der Waals surface area contributed by atoms with E-state index in [1.165, 1.54) is 12.0 Å². The molecule has 2 aromatic rings. The topological polar surface area (TPSA) is 30.5 Å². The van der Waals surface area contributed by atoms with E-state index in [9.17, 15) is 0 Å². The van der Waals surface area contributed by atoms with Crippen LogP contribution < -0.4 is 14.8 Å². The lowest BCUT2D eigenvalue weighted by Gasteiger charge is -2.21. The monoisotopic (exact) mass is 269 g/mol. The molecule has 3 nitrogen and oxygen atoms in total. The normalized spacial score (nSPS) is 13.2. The van der Waals surface area contributed by atoms with Gasteiger partial charge in [0, 0.05) is 12.1 Å². The molecule has 0 amide bonds. The van der Waals surface area contributed by atoms with Crippen molar-refractivity contribution in [2.75, 3.05) is 19.0 Å². The zero-order valence-corrected chi connectivity index (χ0v) is 11.7. The van der Waals surface area contributed by atoms with E-state index in [0.29, 0.717) is 6.61 Å². The quantitative estimate of drug-likeness (QED) is 0.919. The molecule has 104 valence electrons. The molecule has 1 heterocycles. The Kier molecular flexibility index (Phi) is 3.77. The maximum atomic E-state index is 5.99. The van der Waals surface area contributed by atoms with Gasteiger partial charge in [-0.2, -0.15) is 0 Å². The molecule has 3 rings (SSSR count). The fourth-order valence-corrected chi connectivity index (χ4v) is 2.58. The van der Waals surface area contributed by atoms with Gasteiger partial charge in [-0.05, 0) is 30.5 Å². The highest BCUT2D eigenvalue weighted by Gasteiger charge is 2.13. The maximum Gasteiger partial charge on any atom is 0.143 e. The lowest BCUT2D eigenvalue weighted by atomic mass is 10.0. The third-order valence-electron chi connectivity index (χ3n) is 3.61. The summed E-state index contributed by atoms with van der Waals surface area (Å²) in [5.74, 6) is 1.79. The highest BCUT2D eigenvalue weighted by atomic mass is 16.5. The van der Waals surface area contributed by atoms with Gasteiger partial charge in [-0.3, -0.25) is 0 Å². The number of nitrogens with one attached hydrogen (secondary N) is 1. The third-order valence-corrected chi connectivity index (χ3v) is 3.61. The molecular formula is C17H19NO2. The number of anilines is 1. The van der Waals surface area contributed by atoms with E-state index in [1.807, 2.05) is 30.3 Å². The number of fused-ring (bicyclic) bond motifs is 1. The Hall–Kier alpha value is -2.16. The predicted molar refractivity (Wildman–Crippen MR) is 80.6 cm³/mol. The Bertz CT molecular complexity index is 595. The summed E-state index contributed by atoms with van der Waals surface area (Å²) in [6.07, 6.45) is 2.30. The summed E-state index contributed by atoms with van der Waals surface area (Å²) in [6, 6.07) is 14.2. The standard InChI is InChI=1S/C17H19NO2/c1-19-15-9-3-2-6-14(15)12-20-16-10-4-7-13-8-5-11-18-17(13)16/h2-4,6-7,9-10,18H,5,8,11-12H2,1H3. The minimum atomic E-state index is 0.516. The van der Waals surface area contributed by atoms with E-state index in [-0.39, 0.29) is 0 Å². The van der Waals surface area contributed by atoms with Gasteiger partial charge >= 0.3 is 0 Å². The van der Waals surface area contributed by atoms with Crippen molar-refractivity contribution in [3.8, 4) is 11.5 Å². The number of aryl methyl sites for hydroxylation is 1. The van der Waals surface area contributed by atoms with Gasteiger partial charge in [0.2, 0.25) is 0 Å². The average molecular weight is 269 g/mol. The van der Waals surface area contributed by atoms with Crippen molar-refractivity contribution >= 4 is 5.69 Å². The number of rotatable bonds is 4. The van der Waals surface area contributed by atoms with Crippen molar-refractivity contribution in [3.05, 3.63) is 53.6 Å². The van der Waals surface area contributed by atoms with Crippen molar-refractivity contribution in [3.63, 3.8) is 0 Å². The first-order valence-electron chi connectivity index (χ1n) is 6.99. The summed E-state index contributed by atoms with van der Waals surface area (Å²) in [6.45, 7) is 1.53. The van der Waals surface area contributed by atoms with Crippen LogP contribution >= 0.6 is 0 Å². The summed E-state index contributed by atoms with van der Waals surface area (Å²) in [5.41, 5.74) is 3.55. The summed E-state index contributed by atoms with van der Waals surface area (Å²) < 4.78 is 11.3. The molecule has 3 heteroatoms. The summed E-state index contributed by atoms with van der Waals surface area (Å²) in [5, 5.41) is 3.44. The molecular weight excluding hydrogens is 250 g/mol. The zero-order chi connectivity index (χ0) is 13.8. The molecule has 1 N–H and O–H groups in total. The van der Waals surface area contributed by atoms with Crippen LogP contribution in [0.5, 0.6) is 11.5 Å². The molecule has 0 saturated heterocycles. The summed E-state index contributed by atoms with van der Waals surface area (Å²) in [7, 11) is 1.69. The van der Waals surface area contributed by atoms with Gasteiger partial charge in [-0.25, -0.2) is 0 Å². The molecule has 0 aliphatic carbocycles. The van der Waals surface area contributed by atoms with Crippen LogP contribution in [0.1, 0.15) is 17.5 Å². The first-order valence-corrected chi connectivity index (χ1v) is 6.99. The second-order valence-corrected chi connectivity index (χ2v) is 4.92. The molecule has 0 aromatic heterocycles. The third kappa shape index (κ3) is 2.57. The van der Waals surface area contributed by atoms with Crippen molar-refractivity contribution < 1.29 is 9.47 Å². The highest BCUT2D eigenvalue weighted by molar-refractivity contribution is 5.63. The Morgan fingerprint density at radius 1 is 1.05 bits per heavy atom. The zero-order valence-electron chi connectivity index (χ0n) is 11.7.